The molecule has 0 aliphatic carbocycles. The summed E-state index contributed by atoms with van der Waals surface area (Å²) in [6.07, 6.45) is 2.94. The minimum Gasteiger partial charge on any atom is -0.497 e. The highest BCUT2D eigenvalue weighted by atomic mass is 32.1. The molecule has 108 valence electrons. The van der Waals surface area contributed by atoms with Crippen molar-refractivity contribution in [3.63, 3.8) is 0 Å². The average Bonchev–Trinajstić information content (AvgIpc) is 2.95. The quantitative estimate of drug-likeness (QED) is 0.852. The van der Waals surface area contributed by atoms with Gasteiger partial charge in [-0.3, -0.25) is 0 Å². The summed E-state index contributed by atoms with van der Waals surface area (Å²) in [6.45, 7) is 3.71. The van der Waals surface area contributed by atoms with Crippen LogP contribution in [0.15, 0.2) is 24.4 Å². The summed E-state index contributed by atoms with van der Waals surface area (Å²) in [5, 5.41) is 4.60. The topological polar surface area (TPSA) is 43.4 Å². The van der Waals surface area contributed by atoms with E-state index in [1.54, 1.807) is 25.6 Å². The number of aromatic nitrogens is 1. The van der Waals surface area contributed by atoms with Gasteiger partial charge in [-0.25, -0.2) is 4.98 Å². The number of ether oxygens (including phenoxy) is 2. The van der Waals surface area contributed by atoms with Crippen molar-refractivity contribution in [2.75, 3.05) is 14.2 Å². The number of thiazole rings is 1. The summed E-state index contributed by atoms with van der Waals surface area (Å²) < 4.78 is 10.6. The highest BCUT2D eigenvalue weighted by Gasteiger charge is 2.05. The molecular formula is C15H20N2O2S. The summed E-state index contributed by atoms with van der Waals surface area (Å²) in [5.74, 6) is 1.65. The molecular weight excluding hydrogens is 272 g/mol. The number of rotatable bonds is 7. The first-order valence-corrected chi connectivity index (χ1v) is 7.43. The number of methoxy groups -OCH3 is 2. The Morgan fingerprint density at radius 3 is 2.70 bits per heavy atom. The number of benzene rings is 1. The number of hydrogen-bond donors (Lipinski definition) is 1. The van der Waals surface area contributed by atoms with Crippen LogP contribution in [0.2, 0.25) is 0 Å². The minimum atomic E-state index is 0.756. The molecule has 0 radical (unpaired) electrons. The van der Waals surface area contributed by atoms with Gasteiger partial charge in [0.2, 0.25) is 0 Å². The van der Waals surface area contributed by atoms with Crippen LogP contribution in [0, 0.1) is 0 Å². The molecule has 1 aromatic heterocycles. The maximum atomic E-state index is 5.38. The molecule has 1 heterocycles. The van der Waals surface area contributed by atoms with Gasteiger partial charge in [-0.15, -0.1) is 11.3 Å². The zero-order chi connectivity index (χ0) is 14.4. The Bertz CT molecular complexity index is 555. The van der Waals surface area contributed by atoms with Crippen LogP contribution >= 0.6 is 11.3 Å². The van der Waals surface area contributed by atoms with E-state index in [0.717, 1.165) is 36.6 Å². The van der Waals surface area contributed by atoms with E-state index in [4.69, 9.17) is 9.47 Å². The molecule has 1 aromatic carbocycles. The number of nitrogens with zero attached hydrogens (tertiary/aromatic N) is 1. The molecule has 5 heteroatoms. The lowest BCUT2D eigenvalue weighted by Crippen LogP contribution is -2.12. The maximum Gasteiger partial charge on any atom is 0.127 e. The van der Waals surface area contributed by atoms with Crippen molar-refractivity contribution in [1.82, 2.24) is 10.3 Å². The molecule has 0 saturated heterocycles. The third kappa shape index (κ3) is 3.71. The van der Waals surface area contributed by atoms with Gasteiger partial charge in [-0.1, -0.05) is 13.0 Å². The van der Waals surface area contributed by atoms with E-state index in [-0.39, 0.29) is 0 Å². The fourth-order valence-corrected chi connectivity index (χ4v) is 2.74. The normalized spacial score (nSPS) is 10.6. The van der Waals surface area contributed by atoms with Crippen LogP contribution < -0.4 is 14.8 Å². The molecule has 4 nitrogen and oxygen atoms in total. The van der Waals surface area contributed by atoms with E-state index >= 15 is 0 Å². The molecule has 0 amide bonds. The van der Waals surface area contributed by atoms with Gasteiger partial charge in [0, 0.05) is 35.8 Å². The molecule has 0 atom stereocenters. The van der Waals surface area contributed by atoms with E-state index in [9.17, 15) is 0 Å². The second kappa shape index (κ2) is 7.26. The van der Waals surface area contributed by atoms with Crippen LogP contribution in [0.4, 0.5) is 0 Å². The lowest BCUT2D eigenvalue weighted by atomic mass is 10.2. The van der Waals surface area contributed by atoms with Gasteiger partial charge in [-0.2, -0.15) is 0 Å². The van der Waals surface area contributed by atoms with E-state index in [1.807, 2.05) is 24.4 Å². The summed E-state index contributed by atoms with van der Waals surface area (Å²) >= 11 is 1.76. The predicted molar refractivity (Wildman–Crippen MR) is 81.6 cm³/mol. The van der Waals surface area contributed by atoms with Crippen molar-refractivity contribution < 1.29 is 9.47 Å². The zero-order valence-electron chi connectivity index (χ0n) is 12.1. The highest BCUT2D eigenvalue weighted by Crippen LogP contribution is 2.24. The van der Waals surface area contributed by atoms with Crippen molar-refractivity contribution in [3.05, 3.63) is 39.8 Å². The number of hydrogen-bond acceptors (Lipinski definition) is 5. The summed E-state index contributed by atoms with van der Waals surface area (Å²) in [4.78, 5) is 5.61. The van der Waals surface area contributed by atoms with Gasteiger partial charge in [0.05, 0.1) is 19.2 Å². The van der Waals surface area contributed by atoms with Crippen molar-refractivity contribution in [3.8, 4) is 11.5 Å². The summed E-state index contributed by atoms with van der Waals surface area (Å²) in [6, 6.07) is 5.87. The van der Waals surface area contributed by atoms with Crippen LogP contribution in [0.1, 0.15) is 22.4 Å². The Hall–Kier alpha value is -1.59. The smallest absolute Gasteiger partial charge is 0.127 e. The van der Waals surface area contributed by atoms with Gasteiger partial charge < -0.3 is 14.8 Å². The molecule has 0 saturated carbocycles. The van der Waals surface area contributed by atoms with Crippen LogP contribution in [-0.4, -0.2) is 19.2 Å². The zero-order valence-corrected chi connectivity index (χ0v) is 12.9. The largest absolute Gasteiger partial charge is 0.497 e. The van der Waals surface area contributed by atoms with E-state index in [0.29, 0.717) is 0 Å². The standard InChI is InChI=1S/C15H20N2O2S/c1-4-15-17-10-13(20-15)9-16-8-11-5-6-12(18-2)7-14(11)19-3/h5-7,10,16H,4,8-9H2,1-3H3. The monoisotopic (exact) mass is 292 g/mol. The second-order valence-electron chi connectivity index (χ2n) is 4.36. The number of nitrogens with one attached hydrogen (secondary N) is 1. The lowest BCUT2D eigenvalue weighted by molar-refractivity contribution is 0.390. The van der Waals surface area contributed by atoms with E-state index in [2.05, 4.69) is 17.2 Å². The molecule has 0 aliphatic heterocycles. The average molecular weight is 292 g/mol. The Kier molecular flexibility index (Phi) is 5.38. The van der Waals surface area contributed by atoms with Crippen LogP contribution in [0.25, 0.3) is 0 Å². The van der Waals surface area contributed by atoms with Crippen molar-refractivity contribution in [2.24, 2.45) is 0 Å². The Labute approximate surface area is 123 Å². The molecule has 1 N–H and O–H groups in total. The molecule has 0 unspecified atom stereocenters. The van der Waals surface area contributed by atoms with E-state index in [1.165, 1.54) is 9.88 Å². The van der Waals surface area contributed by atoms with Gasteiger partial charge in [0.15, 0.2) is 0 Å². The van der Waals surface area contributed by atoms with Gasteiger partial charge >= 0.3 is 0 Å². The maximum absolute atomic E-state index is 5.38. The van der Waals surface area contributed by atoms with Crippen molar-refractivity contribution in [1.29, 1.82) is 0 Å². The predicted octanol–water partition coefficient (Wildman–Crippen LogP) is 3.01. The van der Waals surface area contributed by atoms with Crippen molar-refractivity contribution in [2.45, 2.75) is 26.4 Å². The SMILES string of the molecule is CCc1ncc(CNCc2ccc(OC)cc2OC)s1. The van der Waals surface area contributed by atoms with Crippen LogP contribution in [0.3, 0.4) is 0 Å². The molecule has 2 aromatic rings. The molecule has 0 aliphatic rings. The van der Waals surface area contributed by atoms with Crippen molar-refractivity contribution >= 4 is 11.3 Å². The summed E-state index contributed by atoms with van der Waals surface area (Å²) in [7, 11) is 3.33. The van der Waals surface area contributed by atoms with E-state index < -0.39 is 0 Å². The molecule has 20 heavy (non-hydrogen) atoms. The Morgan fingerprint density at radius 2 is 2.05 bits per heavy atom. The fourth-order valence-electron chi connectivity index (χ4n) is 1.91. The summed E-state index contributed by atoms with van der Waals surface area (Å²) in [5.41, 5.74) is 1.12. The first kappa shape index (κ1) is 14.8. The molecule has 2 rings (SSSR count). The molecule has 0 spiro atoms. The van der Waals surface area contributed by atoms with Gasteiger partial charge in [0.1, 0.15) is 11.5 Å². The first-order chi connectivity index (χ1) is 9.76. The first-order valence-electron chi connectivity index (χ1n) is 6.62. The van der Waals surface area contributed by atoms with Gasteiger partial charge in [0.25, 0.3) is 0 Å². The second-order valence-corrected chi connectivity index (χ2v) is 5.55. The molecule has 0 fully saturated rings. The highest BCUT2D eigenvalue weighted by molar-refractivity contribution is 7.11. The minimum absolute atomic E-state index is 0.756. The number of aryl methyl sites for hydroxylation is 1. The third-order valence-corrected chi connectivity index (χ3v) is 4.15. The van der Waals surface area contributed by atoms with Gasteiger partial charge in [-0.05, 0) is 12.5 Å². The lowest BCUT2D eigenvalue weighted by Gasteiger charge is -2.10. The van der Waals surface area contributed by atoms with Crippen LogP contribution in [-0.2, 0) is 19.5 Å². The molecule has 0 bridgehead atoms. The fraction of sp³-hybridized carbons (Fsp3) is 0.400. The Morgan fingerprint density at radius 1 is 1.20 bits per heavy atom. The Balaban J connectivity index is 1.93. The van der Waals surface area contributed by atoms with Crippen LogP contribution in [0.5, 0.6) is 11.5 Å². The third-order valence-electron chi connectivity index (χ3n) is 3.01.